The molecule has 0 unspecified atom stereocenters. The summed E-state index contributed by atoms with van der Waals surface area (Å²) in [5, 5.41) is 2.98. The number of halogens is 2. The summed E-state index contributed by atoms with van der Waals surface area (Å²) in [5.74, 6) is 0.559. The Balaban J connectivity index is 0.00000324. The van der Waals surface area contributed by atoms with E-state index >= 15 is 0 Å². The monoisotopic (exact) mass is 304 g/mol. The number of hydrogen-bond donors (Lipinski definition) is 1. The third kappa shape index (κ3) is 5.81. The summed E-state index contributed by atoms with van der Waals surface area (Å²) in [5.41, 5.74) is 3.09. The number of likely N-dealkylation sites (N-methyl/N-ethyl adjacent to an activating group) is 1. The van der Waals surface area contributed by atoms with Gasteiger partial charge in [-0.15, -0.1) is 24.0 Å². The molecule has 0 aliphatic rings. The van der Waals surface area contributed by atoms with Crippen molar-refractivity contribution in [1.82, 2.24) is 4.90 Å². The van der Waals surface area contributed by atoms with Crippen molar-refractivity contribution in [3.05, 3.63) is 29.3 Å². The summed E-state index contributed by atoms with van der Waals surface area (Å²) < 4.78 is 0. The summed E-state index contributed by atoms with van der Waals surface area (Å²) in [6.45, 7) is 7.97. The van der Waals surface area contributed by atoms with E-state index in [0.717, 1.165) is 29.9 Å². The maximum atomic E-state index is 12.0. The topological polar surface area (TPSA) is 32.3 Å². The lowest BCUT2D eigenvalue weighted by atomic mass is 10.1. The lowest BCUT2D eigenvalue weighted by molar-refractivity contribution is -0.117. The number of aryl methyl sites for hydroxylation is 2. The van der Waals surface area contributed by atoms with Crippen LogP contribution >= 0.6 is 24.0 Å². The van der Waals surface area contributed by atoms with Crippen LogP contribution in [0.5, 0.6) is 0 Å². The van der Waals surface area contributed by atoms with Gasteiger partial charge in [0.2, 0.25) is 5.91 Å². The molecule has 0 heterocycles. The Bertz CT molecular complexity index is 390. The van der Waals surface area contributed by atoms with Gasteiger partial charge in [-0.2, -0.15) is 0 Å². The predicted octanol–water partition coefficient (Wildman–Crippen LogP) is 3.22. The van der Waals surface area contributed by atoms with Gasteiger partial charge in [0.1, 0.15) is 0 Å². The van der Waals surface area contributed by atoms with E-state index in [-0.39, 0.29) is 18.3 Å². The largest absolute Gasteiger partial charge is 0.324 e. The molecule has 0 saturated heterocycles. The van der Waals surface area contributed by atoms with E-state index in [1.54, 1.807) is 0 Å². The van der Waals surface area contributed by atoms with Crippen LogP contribution in [0.1, 0.15) is 18.1 Å². The molecule has 5 heteroatoms. The zero-order valence-corrected chi connectivity index (χ0v) is 13.3. The summed E-state index contributed by atoms with van der Waals surface area (Å²) in [7, 11) is 0. The normalized spacial score (nSPS) is 10.2. The molecule has 0 aliphatic heterocycles. The zero-order chi connectivity index (χ0) is 13.5. The Morgan fingerprint density at radius 3 is 2.37 bits per heavy atom. The van der Waals surface area contributed by atoms with Crippen molar-refractivity contribution in [1.29, 1.82) is 0 Å². The molecule has 1 N–H and O–H groups in total. The fourth-order valence-electron chi connectivity index (χ4n) is 1.86. The van der Waals surface area contributed by atoms with Crippen molar-refractivity contribution >= 4 is 35.6 Å². The van der Waals surface area contributed by atoms with Crippen LogP contribution in [0.2, 0.25) is 0 Å². The van der Waals surface area contributed by atoms with E-state index in [2.05, 4.69) is 5.32 Å². The molecule has 0 fully saturated rings. The number of carbonyl (C=O) groups is 1. The number of amides is 1. The first kappa shape index (κ1) is 18.2. The van der Waals surface area contributed by atoms with Crippen LogP contribution in [0.3, 0.4) is 0 Å². The molecule has 0 spiro atoms. The quantitative estimate of drug-likeness (QED) is 0.818. The van der Waals surface area contributed by atoms with Crippen LogP contribution < -0.4 is 5.32 Å². The lowest BCUT2D eigenvalue weighted by Crippen LogP contribution is -2.34. The van der Waals surface area contributed by atoms with Crippen molar-refractivity contribution < 1.29 is 4.79 Å². The van der Waals surface area contributed by atoms with E-state index < -0.39 is 0 Å². The Kier molecular flexibility index (Phi) is 8.81. The molecule has 0 aliphatic carbocycles. The van der Waals surface area contributed by atoms with E-state index in [0.29, 0.717) is 12.4 Å². The zero-order valence-electron chi connectivity index (χ0n) is 11.7. The Labute approximate surface area is 126 Å². The van der Waals surface area contributed by atoms with Crippen LogP contribution in [0.25, 0.3) is 0 Å². The highest BCUT2D eigenvalue weighted by Crippen LogP contribution is 2.19. The van der Waals surface area contributed by atoms with Gasteiger partial charge in [-0.3, -0.25) is 9.69 Å². The SMILES string of the molecule is CCN(CCCl)CC(=O)Nc1c(C)cccc1C.Cl. The van der Waals surface area contributed by atoms with Gasteiger partial charge >= 0.3 is 0 Å². The summed E-state index contributed by atoms with van der Waals surface area (Å²) in [6, 6.07) is 5.99. The number of rotatable bonds is 6. The molecule has 3 nitrogen and oxygen atoms in total. The predicted molar refractivity (Wildman–Crippen MR) is 84.6 cm³/mol. The maximum absolute atomic E-state index is 12.0. The van der Waals surface area contributed by atoms with Crippen LogP contribution in [0.15, 0.2) is 18.2 Å². The number of nitrogens with one attached hydrogen (secondary N) is 1. The molecule has 0 saturated carbocycles. The maximum Gasteiger partial charge on any atom is 0.238 e. The molecule has 0 radical (unpaired) electrons. The highest BCUT2D eigenvalue weighted by Gasteiger charge is 2.10. The molecule has 19 heavy (non-hydrogen) atoms. The second-order valence-electron chi connectivity index (χ2n) is 4.37. The van der Waals surface area contributed by atoms with Gasteiger partial charge < -0.3 is 5.32 Å². The van der Waals surface area contributed by atoms with Crippen molar-refractivity contribution in [2.24, 2.45) is 0 Å². The standard InChI is InChI=1S/C14H21ClN2O.ClH/c1-4-17(9-8-15)10-13(18)16-14-11(2)6-5-7-12(14)3;/h5-7H,4,8-10H2,1-3H3,(H,16,18);1H. The fourth-order valence-corrected chi connectivity index (χ4v) is 2.10. The first-order chi connectivity index (χ1) is 8.58. The molecule has 1 amide bonds. The summed E-state index contributed by atoms with van der Waals surface area (Å²) >= 11 is 5.70. The van der Waals surface area contributed by atoms with Gasteiger partial charge in [-0.05, 0) is 31.5 Å². The first-order valence-electron chi connectivity index (χ1n) is 6.22. The Morgan fingerprint density at radius 1 is 1.32 bits per heavy atom. The highest BCUT2D eigenvalue weighted by atomic mass is 35.5. The molecule has 0 bridgehead atoms. The molecular weight excluding hydrogens is 283 g/mol. The average Bonchev–Trinajstić information content (AvgIpc) is 2.33. The molecule has 1 rings (SSSR count). The van der Waals surface area contributed by atoms with Crippen molar-refractivity contribution in [3.8, 4) is 0 Å². The van der Waals surface area contributed by atoms with Crippen LogP contribution in [-0.4, -0.2) is 36.3 Å². The first-order valence-corrected chi connectivity index (χ1v) is 6.76. The van der Waals surface area contributed by atoms with Crippen LogP contribution in [-0.2, 0) is 4.79 Å². The lowest BCUT2D eigenvalue weighted by Gasteiger charge is -2.19. The number of anilines is 1. The number of benzene rings is 1. The van der Waals surface area contributed by atoms with Gasteiger partial charge in [0.15, 0.2) is 0 Å². The van der Waals surface area contributed by atoms with E-state index in [4.69, 9.17) is 11.6 Å². The van der Waals surface area contributed by atoms with Gasteiger partial charge in [0, 0.05) is 18.1 Å². The third-order valence-corrected chi connectivity index (χ3v) is 3.13. The second-order valence-corrected chi connectivity index (χ2v) is 4.75. The number of nitrogens with zero attached hydrogens (tertiary/aromatic N) is 1. The minimum absolute atomic E-state index is 0. The molecular formula is C14H22Cl2N2O. The van der Waals surface area contributed by atoms with E-state index in [1.807, 2.05) is 43.9 Å². The minimum atomic E-state index is 0. The van der Waals surface area contributed by atoms with E-state index in [1.165, 1.54) is 0 Å². The number of hydrogen-bond acceptors (Lipinski definition) is 2. The van der Waals surface area contributed by atoms with Crippen LogP contribution in [0.4, 0.5) is 5.69 Å². The summed E-state index contributed by atoms with van der Waals surface area (Å²) in [6.07, 6.45) is 0. The number of carbonyl (C=O) groups excluding carboxylic acids is 1. The Hall–Kier alpha value is -0.770. The molecule has 0 atom stereocenters. The average molecular weight is 305 g/mol. The van der Waals surface area contributed by atoms with Crippen molar-refractivity contribution in [2.75, 3.05) is 30.8 Å². The van der Waals surface area contributed by atoms with Gasteiger partial charge in [0.25, 0.3) is 0 Å². The second kappa shape index (κ2) is 9.18. The van der Waals surface area contributed by atoms with E-state index in [9.17, 15) is 4.79 Å². The van der Waals surface area contributed by atoms with Crippen molar-refractivity contribution in [3.63, 3.8) is 0 Å². The highest BCUT2D eigenvalue weighted by molar-refractivity contribution is 6.18. The smallest absolute Gasteiger partial charge is 0.238 e. The Morgan fingerprint density at radius 2 is 1.89 bits per heavy atom. The fraction of sp³-hybridized carbons (Fsp3) is 0.500. The van der Waals surface area contributed by atoms with Gasteiger partial charge in [-0.25, -0.2) is 0 Å². The third-order valence-electron chi connectivity index (χ3n) is 2.96. The number of alkyl halides is 1. The molecule has 1 aromatic carbocycles. The van der Waals surface area contributed by atoms with Gasteiger partial charge in [-0.1, -0.05) is 25.1 Å². The molecule has 1 aromatic rings. The van der Waals surface area contributed by atoms with Gasteiger partial charge in [0.05, 0.1) is 6.54 Å². The van der Waals surface area contributed by atoms with Crippen LogP contribution in [0, 0.1) is 13.8 Å². The summed E-state index contributed by atoms with van der Waals surface area (Å²) in [4.78, 5) is 14.0. The number of para-hydroxylation sites is 1. The molecule has 108 valence electrons. The van der Waals surface area contributed by atoms with Crippen molar-refractivity contribution in [2.45, 2.75) is 20.8 Å². The molecule has 0 aromatic heterocycles. The minimum Gasteiger partial charge on any atom is -0.324 e.